The fourth-order valence-electron chi connectivity index (χ4n) is 4.98. The summed E-state index contributed by atoms with van der Waals surface area (Å²) in [6.07, 6.45) is 1.82. The Morgan fingerprint density at radius 3 is 2.49 bits per heavy atom. The van der Waals surface area contributed by atoms with Gasteiger partial charge in [-0.05, 0) is 43.2 Å². The van der Waals surface area contributed by atoms with Crippen molar-refractivity contribution in [1.29, 1.82) is 0 Å². The molecule has 1 unspecified atom stereocenters. The minimum atomic E-state index is -0.910. The van der Waals surface area contributed by atoms with Gasteiger partial charge in [-0.3, -0.25) is 24.6 Å². The van der Waals surface area contributed by atoms with Gasteiger partial charge in [-0.2, -0.15) is 0 Å². The number of morpholine rings is 1. The SMILES string of the molecule is Cc1cccn2c(C)c(/C(O)=C3\C(=O)C(=O)N(CCN4CCOCC4)C3c3ccc([N+](=O)[O-])cc3)nc12. The van der Waals surface area contributed by atoms with E-state index in [1.54, 1.807) is 6.92 Å². The van der Waals surface area contributed by atoms with Gasteiger partial charge in [0.1, 0.15) is 11.3 Å². The van der Waals surface area contributed by atoms with E-state index in [9.17, 15) is 24.8 Å². The van der Waals surface area contributed by atoms with Gasteiger partial charge < -0.3 is 19.1 Å². The molecule has 1 N–H and O–H groups in total. The second-order valence-electron chi connectivity index (χ2n) is 9.23. The molecule has 0 saturated carbocycles. The van der Waals surface area contributed by atoms with Crippen molar-refractivity contribution < 1.29 is 24.4 Å². The van der Waals surface area contributed by atoms with E-state index in [0.717, 1.165) is 5.56 Å². The number of rotatable bonds is 6. The molecular weight excluding hydrogens is 478 g/mol. The lowest BCUT2D eigenvalue weighted by molar-refractivity contribution is -0.384. The van der Waals surface area contributed by atoms with Crippen molar-refractivity contribution in [2.45, 2.75) is 19.9 Å². The van der Waals surface area contributed by atoms with Gasteiger partial charge in [0, 0.05) is 44.5 Å². The molecule has 0 radical (unpaired) electrons. The number of aliphatic hydroxyl groups excluding tert-OH is 1. The van der Waals surface area contributed by atoms with Crippen molar-refractivity contribution in [2.75, 3.05) is 39.4 Å². The molecule has 2 aliphatic rings. The third-order valence-corrected chi connectivity index (χ3v) is 7.03. The third kappa shape index (κ3) is 4.36. The average molecular weight is 506 g/mol. The molecule has 2 aliphatic heterocycles. The Hall–Kier alpha value is -4.09. The number of pyridine rings is 1. The molecule has 1 amide bonds. The summed E-state index contributed by atoms with van der Waals surface area (Å²) >= 11 is 0. The molecule has 2 saturated heterocycles. The number of nitro benzene ring substituents is 1. The number of aryl methyl sites for hydroxylation is 2. The van der Waals surface area contributed by atoms with E-state index in [4.69, 9.17) is 4.74 Å². The van der Waals surface area contributed by atoms with Crippen molar-refractivity contribution in [2.24, 2.45) is 0 Å². The average Bonchev–Trinajstić information content (AvgIpc) is 3.37. The minimum absolute atomic E-state index is 0.0787. The van der Waals surface area contributed by atoms with Crippen LogP contribution in [0.4, 0.5) is 5.69 Å². The number of likely N-dealkylation sites (tertiary alicyclic amines) is 1. The number of nitrogens with zero attached hydrogens (tertiary/aromatic N) is 5. The summed E-state index contributed by atoms with van der Waals surface area (Å²) in [5.41, 5.74) is 2.67. The fraction of sp³-hybridized carbons (Fsp3) is 0.346. The number of amides is 1. The lowest BCUT2D eigenvalue weighted by Gasteiger charge is -2.31. The number of aliphatic hydroxyl groups is 1. The number of non-ortho nitro benzene ring substituents is 1. The molecule has 0 aliphatic carbocycles. The van der Waals surface area contributed by atoms with E-state index in [2.05, 4.69) is 9.88 Å². The zero-order valence-corrected chi connectivity index (χ0v) is 20.6. The van der Waals surface area contributed by atoms with Gasteiger partial charge in [0.25, 0.3) is 17.4 Å². The fourth-order valence-corrected chi connectivity index (χ4v) is 4.98. The summed E-state index contributed by atoms with van der Waals surface area (Å²) in [5.74, 6) is -1.90. The molecule has 1 atom stereocenters. The highest BCUT2D eigenvalue weighted by atomic mass is 16.6. The van der Waals surface area contributed by atoms with Crippen LogP contribution < -0.4 is 0 Å². The van der Waals surface area contributed by atoms with E-state index in [0.29, 0.717) is 49.8 Å². The molecule has 4 heterocycles. The minimum Gasteiger partial charge on any atom is -0.505 e. The molecule has 11 nitrogen and oxygen atoms in total. The number of carbonyl (C=O) groups excluding carboxylic acids is 2. The van der Waals surface area contributed by atoms with Crippen LogP contribution >= 0.6 is 0 Å². The summed E-state index contributed by atoms with van der Waals surface area (Å²) in [7, 11) is 0. The molecular formula is C26H27N5O6. The molecule has 0 spiro atoms. The first-order chi connectivity index (χ1) is 17.8. The Morgan fingerprint density at radius 1 is 1.14 bits per heavy atom. The highest BCUT2D eigenvalue weighted by Crippen LogP contribution is 2.40. The molecule has 192 valence electrons. The number of ketones is 1. The number of hydrogen-bond donors (Lipinski definition) is 1. The maximum absolute atomic E-state index is 13.3. The van der Waals surface area contributed by atoms with Crippen molar-refractivity contribution >= 4 is 28.8 Å². The number of carbonyl (C=O) groups is 2. The first kappa shape index (κ1) is 24.6. The number of nitro groups is 1. The lowest BCUT2D eigenvalue weighted by atomic mass is 9.96. The quantitative estimate of drug-likeness (QED) is 0.178. The highest BCUT2D eigenvalue weighted by Gasteiger charge is 2.46. The van der Waals surface area contributed by atoms with E-state index in [1.165, 1.54) is 29.2 Å². The lowest BCUT2D eigenvalue weighted by Crippen LogP contribution is -2.42. The number of ether oxygens (including phenoxy) is 1. The zero-order valence-electron chi connectivity index (χ0n) is 20.6. The number of Topliss-reactive ketones (excluding diaryl/α,β-unsaturated/α-hetero) is 1. The number of aromatic nitrogens is 2. The topological polar surface area (TPSA) is 131 Å². The molecule has 37 heavy (non-hydrogen) atoms. The molecule has 1 aromatic carbocycles. The molecule has 2 aromatic heterocycles. The van der Waals surface area contributed by atoms with Crippen LogP contribution in [0.2, 0.25) is 0 Å². The van der Waals surface area contributed by atoms with Gasteiger partial charge in [-0.25, -0.2) is 4.98 Å². The molecule has 0 bridgehead atoms. The summed E-state index contributed by atoms with van der Waals surface area (Å²) in [5, 5.41) is 22.7. The standard InChI is InChI=1S/C26H27N5O6/c1-16-4-3-9-29-17(2)21(27-25(16)29)23(32)20-22(18-5-7-19(8-6-18)31(35)36)30(26(34)24(20)33)11-10-28-12-14-37-15-13-28/h3-9,22,32H,10-15H2,1-2H3/b23-20+. The first-order valence-electron chi connectivity index (χ1n) is 12.1. The Kier molecular flexibility index (Phi) is 6.48. The predicted octanol–water partition coefficient (Wildman–Crippen LogP) is 2.61. The van der Waals surface area contributed by atoms with E-state index < -0.39 is 22.7 Å². The van der Waals surface area contributed by atoms with Crippen LogP contribution in [0, 0.1) is 24.0 Å². The second-order valence-corrected chi connectivity index (χ2v) is 9.23. The number of fused-ring (bicyclic) bond motifs is 1. The predicted molar refractivity (Wildman–Crippen MR) is 134 cm³/mol. The third-order valence-electron chi connectivity index (χ3n) is 7.03. The van der Waals surface area contributed by atoms with Crippen LogP contribution in [-0.4, -0.2) is 80.3 Å². The summed E-state index contributed by atoms with van der Waals surface area (Å²) in [4.78, 5) is 45.4. The van der Waals surface area contributed by atoms with Crippen molar-refractivity contribution in [3.8, 4) is 0 Å². The molecule has 3 aromatic rings. The zero-order chi connectivity index (χ0) is 26.3. The highest BCUT2D eigenvalue weighted by molar-refractivity contribution is 6.46. The Bertz CT molecular complexity index is 1420. The smallest absolute Gasteiger partial charge is 0.295 e. The Morgan fingerprint density at radius 2 is 1.84 bits per heavy atom. The number of hydrogen-bond acceptors (Lipinski definition) is 8. The summed E-state index contributed by atoms with van der Waals surface area (Å²) in [6, 6.07) is 8.55. The molecule has 2 fully saturated rings. The Labute approximate surface area is 212 Å². The van der Waals surface area contributed by atoms with Gasteiger partial charge in [-0.1, -0.05) is 6.07 Å². The van der Waals surface area contributed by atoms with Crippen LogP contribution in [0.5, 0.6) is 0 Å². The van der Waals surface area contributed by atoms with E-state index in [-0.39, 0.29) is 29.3 Å². The van der Waals surface area contributed by atoms with Crippen LogP contribution in [0.25, 0.3) is 11.4 Å². The van der Waals surface area contributed by atoms with E-state index >= 15 is 0 Å². The number of imidazole rings is 1. The van der Waals surface area contributed by atoms with E-state index in [1.807, 2.05) is 29.7 Å². The maximum Gasteiger partial charge on any atom is 0.295 e. The second kappa shape index (κ2) is 9.75. The van der Waals surface area contributed by atoms with Crippen molar-refractivity contribution in [3.05, 3.63) is 80.8 Å². The monoisotopic (exact) mass is 505 g/mol. The molecule has 5 rings (SSSR count). The van der Waals surface area contributed by atoms with Crippen LogP contribution in [0.1, 0.15) is 28.6 Å². The Balaban J connectivity index is 1.61. The maximum atomic E-state index is 13.3. The van der Waals surface area contributed by atoms with Gasteiger partial charge in [0.05, 0.1) is 35.4 Å². The van der Waals surface area contributed by atoms with Gasteiger partial charge in [-0.15, -0.1) is 0 Å². The summed E-state index contributed by atoms with van der Waals surface area (Å²) in [6.45, 7) is 7.06. The van der Waals surface area contributed by atoms with Gasteiger partial charge in [0.2, 0.25) is 0 Å². The summed E-state index contributed by atoms with van der Waals surface area (Å²) < 4.78 is 7.21. The van der Waals surface area contributed by atoms with Crippen LogP contribution in [0.3, 0.4) is 0 Å². The normalized spacial score (nSPS) is 20.2. The first-order valence-corrected chi connectivity index (χ1v) is 12.1. The van der Waals surface area contributed by atoms with Crippen LogP contribution in [0.15, 0.2) is 48.2 Å². The number of benzene rings is 1. The van der Waals surface area contributed by atoms with Crippen molar-refractivity contribution in [3.63, 3.8) is 0 Å². The van der Waals surface area contributed by atoms with Gasteiger partial charge >= 0.3 is 0 Å². The van der Waals surface area contributed by atoms with Gasteiger partial charge in [0.15, 0.2) is 5.76 Å². The molecule has 11 heteroatoms. The largest absolute Gasteiger partial charge is 0.505 e. The van der Waals surface area contributed by atoms with Crippen LogP contribution in [-0.2, 0) is 14.3 Å². The van der Waals surface area contributed by atoms with Crippen molar-refractivity contribution in [1.82, 2.24) is 19.2 Å².